The predicted octanol–water partition coefficient (Wildman–Crippen LogP) is 4.02. The first kappa shape index (κ1) is 18.5. The summed E-state index contributed by atoms with van der Waals surface area (Å²) in [5, 5.41) is 13.2. The molecule has 0 bridgehead atoms. The Morgan fingerprint density at radius 2 is 2.08 bits per heavy atom. The number of nitrogens with one attached hydrogen (secondary N) is 2. The molecule has 0 fully saturated rings. The average molecular weight is 457 g/mol. The highest BCUT2D eigenvalue weighted by Crippen LogP contribution is 2.26. The molecule has 2 N–H and O–H groups in total. The minimum Gasteiger partial charge on any atom is -0.444 e. The quantitative estimate of drug-likeness (QED) is 0.429. The van der Waals surface area contributed by atoms with Crippen molar-refractivity contribution in [2.45, 2.75) is 4.34 Å². The summed E-state index contributed by atoms with van der Waals surface area (Å²) >= 11 is 5.40. The summed E-state index contributed by atoms with van der Waals surface area (Å²) in [4.78, 5) is 23.8. The van der Waals surface area contributed by atoms with E-state index in [0.717, 1.165) is 23.1 Å². The Balaban J connectivity index is 1.50. The van der Waals surface area contributed by atoms with Gasteiger partial charge in [0.1, 0.15) is 5.82 Å². The molecular weight excluding hydrogens is 447 g/mol. The van der Waals surface area contributed by atoms with Crippen LogP contribution in [0.1, 0.15) is 10.6 Å². The third kappa shape index (κ3) is 5.13. The molecule has 0 radical (unpaired) electrons. The zero-order valence-corrected chi connectivity index (χ0v) is 16.1. The smallest absolute Gasteiger partial charge is 0.293 e. The van der Waals surface area contributed by atoms with Crippen LogP contribution in [-0.4, -0.2) is 27.8 Å². The molecule has 0 saturated carbocycles. The number of amides is 2. The van der Waals surface area contributed by atoms with Gasteiger partial charge in [0.05, 0.1) is 5.75 Å². The number of nitrogens with zero attached hydrogens (tertiary/aromatic N) is 2. The molecule has 2 aromatic heterocycles. The number of carbonyl (C=O) groups excluding carboxylic acids is 2. The fourth-order valence-corrected chi connectivity index (χ4v) is 3.66. The van der Waals surface area contributed by atoms with E-state index >= 15 is 0 Å². The van der Waals surface area contributed by atoms with E-state index in [9.17, 15) is 14.0 Å². The number of hydrogen-bond donors (Lipinski definition) is 2. The van der Waals surface area contributed by atoms with E-state index in [1.165, 1.54) is 24.3 Å². The molecule has 0 saturated heterocycles. The molecule has 26 heavy (non-hydrogen) atoms. The van der Waals surface area contributed by atoms with Crippen molar-refractivity contribution in [1.29, 1.82) is 0 Å². The second-order valence-electron chi connectivity index (χ2n) is 4.78. The van der Waals surface area contributed by atoms with Crippen molar-refractivity contribution < 1.29 is 18.4 Å². The van der Waals surface area contributed by atoms with Crippen LogP contribution in [0, 0.1) is 5.82 Å². The normalized spacial score (nSPS) is 10.5. The summed E-state index contributed by atoms with van der Waals surface area (Å²) in [6.07, 6.45) is 0. The molecule has 0 aliphatic carbocycles. The van der Waals surface area contributed by atoms with Gasteiger partial charge in [0.15, 0.2) is 14.8 Å². The zero-order valence-electron chi connectivity index (χ0n) is 12.9. The Hall–Kier alpha value is -2.24. The average Bonchev–Trinajstić information content (AvgIpc) is 3.22. The summed E-state index contributed by atoms with van der Waals surface area (Å²) in [6, 6.07) is 8.75. The number of rotatable bonds is 6. The second-order valence-corrected chi connectivity index (χ2v) is 7.76. The molecule has 0 spiro atoms. The molecule has 7 nitrogen and oxygen atoms in total. The van der Waals surface area contributed by atoms with E-state index in [0.29, 0.717) is 14.7 Å². The highest BCUT2D eigenvalue weighted by atomic mass is 79.9. The number of furan rings is 1. The molecular formula is C15H10BrFN4O3S2. The number of benzene rings is 1. The Bertz CT molecular complexity index is 946. The van der Waals surface area contributed by atoms with Crippen LogP contribution in [0.4, 0.5) is 15.2 Å². The Morgan fingerprint density at radius 3 is 2.81 bits per heavy atom. The molecule has 2 amide bonds. The first-order valence-electron chi connectivity index (χ1n) is 7.08. The minimum atomic E-state index is -0.452. The number of thioether (sulfide) groups is 1. The van der Waals surface area contributed by atoms with Crippen LogP contribution in [0.5, 0.6) is 0 Å². The van der Waals surface area contributed by atoms with E-state index in [1.807, 2.05) is 0 Å². The number of anilines is 2. The molecule has 0 aliphatic heterocycles. The van der Waals surface area contributed by atoms with Gasteiger partial charge in [-0.2, -0.15) is 0 Å². The zero-order chi connectivity index (χ0) is 18.5. The van der Waals surface area contributed by atoms with Gasteiger partial charge in [-0.1, -0.05) is 29.2 Å². The van der Waals surface area contributed by atoms with Crippen LogP contribution >= 0.6 is 39.0 Å². The molecule has 0 unspecified atom stereocenters. The van der Waals surface area contributed by atoms with Crippen molar-refractivity contribution in [1.82, 2.24) is 10.2 Å². The van der Waals surface area contributed by atoms with E-state index < -0.39 is 11.7 Å². The predicted molar refractivity (Wildman–Crippen MR) is 100 cm³/mol. The third-order valence-corrected chi connectivity index (χ3v) is 5.26. The van der Waals surface area contributed by atoms with E-state index in [-0.39, 0.29) is 22.6 Å². The van der Waals surface area contributed by atoms with Gasteiger partial charge in [-0.3, -0.25) is 14.9 Å². The Morgan fingerprint density at radius 1 is 1.23 bits per heavy atom. The third-order valence-electron chi connectivity index (χ3n) is 2.86. The summed E-state index contributed by atoms with van der Waals surface area (Å²) in [6.45, 7) is 0. The first-order valence-corrected chi connectivity index (χ1v) is 9.67. The monoisotopic (exact) mass is 456 g/mol. The van der Waals surface area contributed by atoms with Gasteiger partial charge in [0, 0.05) is 5.69 Å². The largest absolute Gasteiger partial charge is 0.444 e. The van der Waals surface area contributed by atoms with E-state index in [2.05, 4.69) is 36.8 Å². The summed E-state index contributed by atoms with van der Waals surface area (Å²) in [5.74, 6) is -0.974. The topological polar surface area (TPSA) is 97.1 Å². The van der Waals surface area contributed by atoms with Gasteiger partial charge < -0.3 is 9.73 Å². The standard InChI is InChI=1S/C15H10BrFN4O3S2/c16-11-5-4-10(24-11)13(23)19-14-20-21-15(26-14)25-7-12(22)18-9-3-1-2-8(17)6-9/h1-6H,7H2,(H,18,22)(H,19,20,23). The maximum absolute atomic E-state index is 13.1. The van der Waals surface area contributed by atoms with Crippen molar-refractivity contribution in [3.05, 3.63) is 52.6 Å². The fraction of sp³-hybridized carbons (Fsp3) is 0.0667. The van der Waals surface area contributed by atoms with Crippen LogP contribution in [0.15, 0.2) is 49.8 Å². The van der Waals surface area contributed by atoms with Crippen LogP contribution in [0.25, 0.3) is 0 Å². The van der Waals surface area contributed by atoms with Crippen molar-refractivity contribution in [3.63, 3.8) is 0 Å². The van der Waals surface area contributed by atoms with Gasteiger partial charge >= 0.3 is 0 Å². The maximum Gasteiger partial charge on any atom is 0.293 e. The minimum absolute atomic E-state index is 0.0736. The van der Waals surface area contributed by atoms with Gasteiger partial charge in [-0.15, -0.1) is 10.2 Å². The lowest BCUT2D eigenvalue weighted by Crippen LogP contribution is -2.13. The fourth-order valence-electron chi connectivity index (χ4n) is 1.80. The molecule has 3 aromatic rings. The molecule has 2 heterocycles. The van der Waals surface area contributed by atoms with Crippen LogP contribution in [0.2, 0.25) is 0 Å². The first-order chi connectivity index (χ1) is 12.5. The highest BCUT2D eigenvalue weighted by molar-refractivity contribution is 9.10. The number of aromatic nitrogens is 2. The lowest BCUT2D eigenvalue weighted by atomic mass is 10.3. The van der Waals surface area contributed by atoms with E-state index in [1.54, 1.807) is 12.1 Å². The number of hydrogen-bond acceptors (Lipinski definition) is 7. The molecule has 0 atom stereocenters. The summed E-state index contributed by atoms with van der Waals surface area (Å²) in [7, 11) is 0. The van der Waals surface area contributed by atoms with Crippen LogP contribution < -0.4 is 10.6 Å². The molecule has 1 aromatic carbocycles. The molecule has 3 rings (SSSR count). The number of carbonyl (C=O) groups is 2. The van der Waals surface area contributed by atoms with Gasteiger partial charge in [0.2, 0.25) is 11.0 Å². The maximum atomic E-state index is 13.1. The Labute approximate surface area is 163 Å². The Kier molecular flexibility index (Phi) is 6.01. The van der Waals surface area contributed by atoms with Crippen molar-refractivity contribution in [2.24, 2.45) is 0 Å². The molecule has 11 heteroatoms. The van der Waals surface area contributed by atoms with Crippen LogP contribution in [0.3, 0.4) is 0 Å². The molecule has 134 valence electrons. The van der Waals surface area contributed by atoms with Crippen molar-refractivity contribution in [3.8, 4) is 0 Å². The highest BCUT2D eigenvalue weighted by Gasteiger charge is 2.14. The van der Waals surface area contributed by atoms with Gasteiger partial charge in [0.25, 0.3) is 5.91 Å². The van der Waals surface area contributed by atoms with Crippen molar-refractivity contribution in [2.75, 3.05) is 16.4 Å². The van der Waals surface area contributed by atoms with Gasteiger partial charge in [-0.05, 0) is 46.3 Å². The summed E-state index contributed by atoms with van der Waals surface area (Å²) in [5.41, 5.74) is 0.380. The van der Waals surface area contributed by atoms with Gasteiger partial charge in [-0.25, -0.2) is 4.39 Å². The van der Waals surface area contributed by atoms with Crippen LogP contribution in [-0.2, 0) is 4.79 Å². The second kappa shape index (κ2) is 8.43. The lowest BCUT2D eigenvalue weighted by Gasteiger charge is -2.03. The SMILES string of the molecule is O=C(CSc1nnc(NC(=O)c2ccc(Br)o2)s1)Nc1cccc(F)c1. The number of halogens is 2. The van der Waals surface area contributed by atoms with E-state index in [4.69, 9.17) is 4.42 Å². The van der Waals surface area contributed by atoms with Crippen molar-refractivity contribution >= 4 is 61.7 Å². The summed E-state index contributed by atoms with van der Waals surface area (Å²) < 4.78 is 19.2. The molecule has 0 aliphatic rings. The lowest BCUT2D eigenvalue weighted by molar-refractivity contribution is -0.113.